The maximum absolute atomic E-state index is 12.6. The highest BCUT2D eigenvalue weighted by Crippen LogP contribution is 2.24. The third kappa shape index (κ3) is 4.29. The highest BCUT2D eigenvalue weighted by atomic mass is 35.5. The van der Waals surface area contributed by atoms with Crippen LogP contribution in [-0.4, -0.2) is 20.7 Å². The lowest BCUT2D eigenvalue weighted by Crippen LogP contribution is -2.14. The number of pyridine rings is 1. The van der Waals surface area contributed by atoms with Crippen molar-refractivity contribution < 1.29 is 4.79 Å². The van der Waals surface area contributed by atoms with E-state index < -0.39 is 5.91 Å². The predicted molar refractivity (Wildman–Crippen MR) is 122 cm³/mol. The molecule has 0 bridgehead atoms. The van der Waals surface area contributed by atoms with Crippen molar-refractivity contribution in [3.63, 3.8) is 0 Å². The monoisotopic (exact) mass is 447 g/mol. The van der Waals surface area contributed by atoms with Gasteiger partial charge >= 0.3 is 0 Å². The van der Waals surface area contributed by atoms with Crippen LogP contribution in [0, 0.1) is 18.3 Å². The van der Waals surface area contributed by atoms with Gasteiger partial charge in [0.05, 0.1) is 11.7 Å². The average Bonchev–Trinajstić information content (AvgIpc) is 3.15. The Balaban J connectivity index is 1.67. The second-order valence-electron chi connectivity index (χ2n) is 6.73. The summed E-state index contributed by atoms with van der Waals surface area (Å²) in [6, 6.07) is 16.6. The van der Waals surface area contributed by atoms with Crippen LogP contribution in [0.15, 0.2) is 60.8 Å². The molecule has 0 unspecified atom stereocenters. The van der Waals surface area contributed by atoms with E-state index in [1.807, 2.05) is 43.3 Å². The van der Waals surface area contributed by atoms with Gasteiger partial charge in [-0.05, 0) is 48.4 Å². The smallest absolute Gasteiger partial charge is 0.249 e. The number of carbonyl (C=O) groups is 1. The number of amides is 1. The van der Waals surface area contributed by atoms with Gasteiger partial charge in [0.25, 0.3) is 0 Å². The van der Waals surface area contributed by atoms with Crippen molar-refractivity contribution >= 4 is 51.9 Å². The number of fused-ring (bicyclic) bond motifs is 1. The van der Waals surface area contributed by atoms with Gasteiger partial charge in [-0.25, -0.2) is 4.98 Å². The summed E-state index contributed by atoms with van der Waals surface area (Å²) in [5.41, 5.74) is 2.66. The van der Waals surface area contributed by atoms with Crippen molar-refractivity contribution in [1.29, 1.82) is 5.26 Å². The molecule has 1 N–H and O–H groups in total. The number of nitrogens with one attached hydrogen (secondary N) is 1. The number of anilines is 1. The zero-order valence-corrected chi connectivity index (χ0v) is 17.8. The van der Waals surface area contributed by atoms with Crippen LogP contribution in [0.1, 0.15) is 16.7 Å². The highest BCUT2D eigenvalue weighted by molar-refractivity contribution is 6.35. The minimum absolute atomic E-state index is 0.221. The first kappa shape index (κ1) is 20.6. The van der Waals surface area contributed by atoms with Crippen LogP contribution in [0.5, 0.6) is 0 Å². The van der Waals surface area contributed by atoms with E-state index in [4.69, 9.17) is 23.2 Å². The van der Waals surface area contributed by atoms with E-state index in [9.17, 15) is 10.1 Å². The zero-order chi connectivity index (χ0) is 22.0. The van der Waals surface area contributed by atoms with Crippen molar-refractivity contribution in [2.45, 2.75) is 6.92 Å². The molecule has 6 nitrogen and oxygen atoms in total. The van der Waals surface area contributed by atoms with E-state index >= 15 is 0 Å². The summed E-state index contributed by atoms with van der Waals surface area (Å²) in [5, 5.41) is 18.4. The van der Waals surface area contributed by atoms with Crippen molar-refractivity contribution in [3.05, 3.63) is 87.5 Å². The van der Waals surface area contributed by atoms with Crippen LogP contribution in [0.2, 0.25) is 10.0 Å². The Morgan fingerprint density at radius 2 is 2.00 bits per heavy atom. The number of hydrogen-bond donors (Lipinski definition) is 1. The summed E-state index contributed by atoms with van der Waals surface area (Å²) in [7, 11) is 0. The maximum atomic E-state index is 12.6. The summed E-state index contributed by atoms with van der Waals surface area (Å²) in [4.78, 5) is 17.2. The van der Waals surface area contributed by atoms with Crippen molar-refractivity contribution in [3.8, 4) is 11.9 Å². The van der Waals surface area contributed by atoms with E-state index in [1.165, 1.54) is 17.0 Å². The van der Waals surface area contributed by atoms with E-state index in [0.717, 1.165) is 16.5 Å². The Hall–Kier alpha value is -3.66. The molecule has 0 fully saturated rings. The molecule has 0 aliphatic carbocycles. The normalized spacial score (nSPS) is 11.0. The molecule has 8 heteroatoms. The fourth-order valence-electron chi connectivity index (χ4n) is 3.12. The molecule has 4 aromatic rings. The number of aromatic nitrogens is 3. The first-order valence-corrected chi connectivity index (χ1v) is 10.0. The fourth-order valence-corrected chi connectivity index (χ4v) is 3.60. The summed E-state index contributed by atoms with van der Waals surface area (Å²) in [6.45, 7) is 1.97. The Kier molecular flexibility index (Phi) is 5.72. The predicted octanol–water partition coefficient (Wildman–Crippen LogP) is 5.56. The number of nitrogens with zero attached hydrogens (tertiary/aromatic N) is 4. The third-order valence-corrected chi connectivity index (χ3v) is 5.20. The standard InChI is InChI=1S/C23H15Cl2N5O/c1-14-10-21(28-20-5-3-2-4-18(14)20)30-23(16(12-26)13-27-30)29-22(31)9-7-15-6-8-17(24)11-19(15)25/h2-11,13H,1H3,(H,29,31)/b9-7+. The van der Waals surface area contributed by atoms with E-state index in [1.54, 1.807) is 24.3 Å². The number of benzene rings is 2. The molecule has 2 aromatic carbocycles. The largest absolute Gasteiger partial charge is 0.306 e. The molecule has 2 aromatic heterocycles. The highest BCUT2D eigenvalue weighted by Gasteiger charge is 2.16. The van der Waals surface area contributed by atoms with Crippen molar-refractivity contribution in [1.82, 2.24) is 14.8 Å². The van der Waals surface area contributed by atoms with Crippen molar-refractivity contribution in [2.75, 3.05) is 5.32 Å². The van der Waals surface area contributed by atoms with Crippen LogP contribution in [0.4, 0.5) is 5.82 Å². The number of carbonyl (C=O) groups excluding carboxylic acids is 1. The van der Waals surface area contributed by atoms with Crippen LogP contribution >= 0.6 is 23.2 Å². The number of aryl methyl sites for hydroxylation is 1. The molecule has 2 heterocycles. The average molecular weight is 448 g/mol. The molecule has 0 saturated heterocycles. The van der Waals surface area contributed by atoms with Gasteiger partial charge in [-0.15, -0.1) is 0 Å². The van der Waals surface area contributed by atoms with E-state index in [-0.39, 0.29) is 11.4 Å². The molecule has 0 spiro atoms. The Morgan fingerprint density at radius 3 is 2.77 bits per heavy atom. The van der Waals surface area contributed by atoms with Crippen LogP contribution < -0.4 is 5.32 Å². The van der Waals surface area contributed by atoms with Crippen LogP contribution in [-0.2, 0) is 4.79 Å². The first-order chi connectivity index (χ1) is 15.0. The SMILES string of the molecule is Cc1cc(-n2ncc(C#N)c2NC(=O)/C=C/c2ccc(Cl)cc2Cl)nc2ccccc12. The maximum Gasteiger partial charge on any atom is 0.249 e. The summed E-state index contributed by atoms with van der Waals surface area (Å²) >= 11 is 12.0. The summed E-state index contributed by atoms with van der Waals surface area (Å²) in [5.74, 6) is 0.293. The number of nitriles is 1. The molecule has 4 rings (SSSR count). The molecule has 0 aliphatic heterocycles. The zero-order valence-electron chi connectivity index (χ0n) is 16.3. The Morgan fingerprint density at radius 1 is 1.19 bits per heavy atom. The van der Waals surface area contributed by atoms with Crippen LogP contribution in [0.3, 0.4) is 0 Å². The molecule has 1 amide bonds. The number of para-hydroxylation sites is 1. The van der Waals surface area contributed by atoms with Gasteiger partial charge in [0.15, 0.2) is 11.6 Å². The summed E-state index contributed by atoms with van der Waals surface area (Å²) in [6.07, 6.45) is 4.29. The second kappa shape index (κ2) is 8.60. The van der Waals surface area contributed by atoms with E-state index in [0.29, 0.717) is 21.4 Å². The van der Waals surface area contributed by atoms with Gasteiger partial charge in [0, 0.05) is 21.5 Å². The van der Waals surface area contributed by atoms with Crippen molar-refractivity contribution in [2.24, 2.45) is 0 Å². The molecule has 0 saturated carbocycles. The van der Waals surface area contributed by atoms with Gasteiger partial charge < -0.3 is 5.32 Å². The van der Waals surface area contributed by atoms with Gasteiger partial charge in [0.1, 0.15) is 11.6 Å². The Bertz CT molecular complexity index is 1380. The number of rotatable bonds is 4. The number of halogens is 2. The number of hydrogen-bond acceptors (Lipinski definition) is 4. The third-order valence-electron chi connectivity index (χ3n) is 4.63. The topological polar surface area (TPSA) is 83.6 Å². The fraction of sp³-hybridized carbons (Fsp3) is 0.0435. The minimum atomic E-state index is -0.443. The van der Waals surface area contributed by atoms with Gasteiger partial charge in [-0.2, -0.15) is 15.0 Å². The molecule has 0 atom stereocenters. The lowest BCUT2D eigenvalue weighted by atomic mass is 10.1. The molecule has 0 radical (unpaired) electrons. The van der Waals surface area contributed by atoms with Gasteiger partial charge in [-0.1, -0.05) is 47.5 Å². The second-order valence-corrected chi connectivity index (χ2v) is 7.58. The van der Waals surface area contributed by atoms with E-state index in [2.05, 4.69) is 15.4 Å². The lowest BCUT2D eigenvalue weighted by molar-refractivity contribution is -0.111. The molecular weight excluding hydrogens is 433 g/mol. The minimum Gasteiger partial charge on any atom is -0.306 e. The quantitative estimate of drug-likeness (QED) is 0.415. The van der Waals surface area contributed by atoms with Crippen LogP contribution in [0.25, 0.3) is 22.8 Å². The summed E-state index contributed by atoms with van der Waals surface area (Å²) < 4.78 is 1.44. The Labute approximate surface area is 188 Å². The molecule has 31 heavy (non-hydrogen) atoms. The van der Waals surface area contributed by atoms with Gasteiger partial charge in [-0.3, -0.25) is 4.79 Å². The molecular formula is C23H15Cl2N5O. The molecule has 152 valence electrons. The first-order valence-electron chi connectivity index (χ1n) is 9.25. The lowest BCUT2D eigenvalue weighted by Gasteiger charge is -2.10. The molecule has 0 aliphatic rings. The van der Waals surface area contributed by atoms with Gasteiger partial charge in [0.2, 0.25) is 5.91 Å².